The molecule has 0 aliphatic heterocycles. The molecule has 13 heavy (non-hydrogen) atoms. The van der Waals surface area contributed by atoms with Gasteiger partial charge in [0.1, 0.15) is 0 Å². The summed E-state index contributed by atoms with van der Waals surface area (Å²) in [4.78, 5) is 1.05. The first kappa shape index (κ1) is 9.84. The molecule has 2 heteroatoms. The van der Waals surface area contributed by atoms with Crippen molar-refractivity contribution in [3.05, 3.63) is 21.9 Å². The highest BCUT2D eigenvalue weighted by atomic mass is 32.1. The van der Waals surface area contributed by atoms with E-state index in [2.05, 4.69) is 24.8 Å². The zero-order chi connectivity index (χ0) is 9.52. The van der Waals surface area contributed by atoms with Crippen molar-refractivity contribution < 1.29 is 0 Å². The highest BCUT2D eigenvalue weighted by molar-refractivity contribution is 7.10. The van der Waals surface area contributed by atoms with E-state index in [-0.39, 0.29) is 0 Å². The number of unbranched alkanes of at least 4 members (excludes halogenated alkanes) is 1. The second-order valence-corrected chi connectivity index (χ2v) is 3.66. The van der Waals surface area contributed by atoms with Crippen LogP contribution in [-0.4, -0.2) is 0 Å². The summed E-state index contributed by atoms with van der Waals surface area (Å²) in [6, 6.07) is 3.93. The van der Waals surface area contributed by atoms with E-state index in [0.29, 0.717) is 0 Å². The molecule has 0 N–H and O–H groups in total. The first-order valence-electron chi connectivity index (χ1n) is 4.35. The molecule has 0 bridgehead atoms. The molecule has 0 fully saturated rings. The Labute approximate surface area is 83.0 Å². The van der Waals surface area contributed by atoms with Crippen molar-refractivity contribution in [2.75, 3.05) is 0 Å². The Kier molecular flexibility index (Phi) is 4.09. The Morgan fingerprint density at radius 3 is 3.08 bits per heavy atom. The number of nitrogens with zero attached hydrogens (tertiary/aromatic N) is 1. The summed E-state index contributed by atoms with van der Waals surface area (Å²) in [6.07, 6.45) is 3.47. The molecular formula is C11H11NS. The quantitative estimate of drug-likeness (QED) is 0.671. The summed E-state index contributed by atoms with van der Waals surface area (Å²) in [5, 5.41) is 10.3. The third-order valence-corrected chi connectivity index (χ3v) is 2.65. The van der Waals surface area contributed by atoms with Gasteiger partial charge in [0.05, 0.1) is 4.88 Å². The van der Waals surface area contributed by atoms with E-state index in [0.717, 1.165) is 11.3 Å². The Balaban J connectivity index is 2.72. The minimum Gasteiger partial charge on any atom is -0.183 e. The predicted molar refractivity (Wildman–Crippen MR) is 55.4 cm³/mol. The standard InChI is InChI=1S/C11H11NS/c1-2-3-5-10-7-9-13-11(10)6-4-8-12/h7,9H,2-3,5H2,1H3. The van der Waals surface area contributed by atoms with Gasteiger partial charge in [-0.1, -0.05) is 13.3 Å². The largest absolute Gasteiger partial charge is 0.183 e. The van der Waals surface area contributed by atoms with Crippen LogP contribution in [0.2, 0.25) is 0 Å². The Morgan fingerprint density at radius 1 is 1.54 bits per heavy atom. The average Bonchev–Trinajstić information content (AvgIpc) is 2.59. The van der Waals surface area contributed by atoms with Crippen LogP contribution in [0.25, 0.3) is 0 Å². The van der Waals surface area contributed by atoms with Crippen LogP contribution in [0, 0.1) is 23.2 Å². The number of hydrogen-bond acceptors (Lipinski definition) is 2. The van der Waals surface area contributed by atoms with Crippen LogP contribution >= 0.6 is 11.3 Å². The zero-order valence-corrected chi connectivity index (χ0v) is 8.45. The summed E-state index contributed by atoms with van der Waals surface area (Å²) < 4.78 is 0. The van der Waals surface area contributed by atoms with Crippen LogP contribution in [0.4, 0.5) is 0 Å². The lowest BCUT2D eigenvalue weighted by molar-refractivity contribution is 0.796. The summed E-state index contributed by atoms with van der Waals surface area (Å²) in [6.45, 7) is 2.17. The Hall–Kier alpha value is -1.25. The molecule has 0 unspecified atom stereocenters. The molecular weight excluding hydrogens is 178 g/mol. The highest BCUT2D eigenvalue weighted by Crippen LogP contribution is 2.17. The Morgan fingerprint density at radius 2 is 2.38 bits per heavy atom. The maximum absolute atomic E-state index is 8.31. The number of aryl methyl sites for hydroxylation is 1. The normalized spacial score (nSPS) is 8.62. The Bertz CT molecular complexity index is 359. The van der Waals surface area contributed by atoms with Crippen LogP contribution in [0.5, 0.6) is 0 Å². The third-order valence-electron chi connectivity index (χ3n) is 1.78. The zero-order valence-electron chi connectivity index (χ0n) is 7.63. The van der Waals surface area contributed by atoms with Crippen molar-refractivity contribution in [2.45, 2.75) is 26.2 Å². The summed E-state index contributed by atoms with van der Waals surface area (Å²) in [5.74, 6) is 5.29. The van der Waals surface area contributed by atoms with Crippen molar-refractivity contribution >= 4 is 11.3 Å². The lowest BCUT2D eigenvalue weighted by Crippen LogP contribution is -1.83. The van der Waals surface area contributed by atoms with Crippen LogP contribution in [-0.2, 0) is 6.42 Å². The van der Waals surface area contributed by atoms with Crippen LogP contribution < -0.4 is 0 Å². The van der Waals surface area contributed by atoms with Crippen molar-refractivity contribution in [3.63, 3.8) is 0 Å². The van der Waals surface area contributed by atoms with Gasteiger partial charge in [-0.3, -0.25) is 0 Å². The van der Waals surface area contributed by atoms with Crippen molar-refractivity contribution in [2.24, 2.45) is 0 Å². The third kappa shape index (κ3) is 2.93. The van der Waals surface area contributed by atoms with Crippen molar-refractivity contribution in [3.8, 4) is 17.9 Å². The monoisotopic (exact) mass is 189 g/mol. The summed E-state index contributed by atoms with van der Waals surface area (Å²) in [5.41, 5.74) is 1.29. The molecule has 1 heterocycles. The van der Waals surface area contributed by atoms with E-state index in [9.17, 15) is 0 Å². The number of thiophene rings is 1. The van der Waals surface area contributed by atoms with Crippen molar-refractivity contribution in [1.82, 2.24) is 0 Å². The smallest absolute Gasteiger partial charge is 0.152 e. The minimum absolute atomic E-state index is 1.05. The first-order chi connectivity index (χ1) is 6.38. The van der Waals surface area contributed by atoms with Crippen molar-refractivity contribution in [1.29, 1.82) is 5.26 Å². The van der Waals surface area contributed by atoms with E-state index < -0.39 is 0 Å². The molecule has 1 aromatic rings. The molecule has 0 saturated heterocycles. The number of nitriles is 1. The van der Waals surface area contributed by atoms with Gasteiger partial charge >= 0.3 is 0 Å². The van der Waals surface area contributed by atoms with Gasteiger partial charge in [-0.05, 0) is 35.8 Å². The fourth-order valence-electron chi connectivity index (χ4n) is 1.09. The molecule has 0 spiro atoms. The van der Waals surface area contributed by atoms with Crippen LogP contribution in [0.15, 0.2) is 11.4 Å². The summed E-state index contributed by atoms with van der Waals surface area (Å²) in [7, 11) is 0. The number of hydrogen-bond donors (Lipinski definition) is 0. The molecule has 0 amide bonds. The lowest BCUT2D eigenvalue weighted by Gasteiger charge is -1.95. The van der Waals surface area contributed by atoms with Gasteiger partial charge in [0.25, 0.3) is 0 Å². The first-order valence-corrected chi connectivity index (χ1v) is 5.23. The maximum atomic E-state index is 8.31. The molecule has 0 aromatic carbocycles. The van der Waals surface area contributed by atoms with Gasteiger partial charge in [0, 0.05) is 5.92 Å². The van der Waals surface area contributed by atoms with E-state index in [4.69, 9.17) is 5.26 Å². The van der Waals surface area contributed by atoms with Gasteiger partial charge in [-0.25, -0.2) is 0 Å². The molecule has 0 atom stereocenters. The van der Waals surface area contributed by atoms with Crippen LogP contribution in [0.3, 0.4) is 0 Å². The molecule has 1 aromatic heterocycles. The molecule has 0 aliphatic rings. The SMILES string of the molecule is CCCCc1ccsc1C#CC#N. The molecule has 1 nitrogen and oxygen atoms in total. The van der Waals surface area contributed by atoms with E-state index >= 15 is 0 Å². The van der Waals surface area contributed by atoms with Gasteiger partial charge in [0.2, 0.25) is 0 Å². The molecule has 0 radical (unpaired) electrons. The topological polar surface area (TPSA) is 23.8 Å². The molecule has 1 rings (SSSR count). The lowest BCUT2D eigenvalue weighted by atomic mass is 10.1. The van der Waals surface area contributed by atoms with E-state index in [1.165, 1.54) is 18.4 Å². The second-order valence-electron chi connectivity index (χ2n) is 2.74. The van der Waals surface area contributed by atoms with E-state index in [1.807, 2.05) is 11.4 Å². The van der Waals surface area contributed by atoms with E-state index in [1.54, 1.807) is 11.3 Å². The minimum atomic E-state index is 1.05. The molecule has 66 valence electrons. The average molecular weight is 189 g/mol. The fourth-order valence-corrected chi connectivity index (χ4v) is 1.89. The molecule has 0 saturated carbocycles. The maximum Gasteiger partial charge on any atom is 0.152 e. The van der Waals surface area contributed by atoms with Crippen LogP contribution in [0.1, 0.15) is 30.2 Å². The van der Waals surface area contributed by atoms with Gasteiger partial charge < -0.3 is 0 Å². The number of rotatable bonds is 3. The molecule has 0 aliphatic carbocycles. The van der Waals surface area contributed by atoms with Gasteiger partial charge in [0.15, 0.2) is 6.07 Å². The van der Waals surface area contributed by atoms with Gasteiger partial charge in [-0.15, -0.1) is 11.3 Å². The fraction of sp³-hybridized carbons (Fsp3) is 0.364. The van der Waals surface area contributed by atoms with Gasteiger partial charge in [-0.2, -0.15) is 5.26 Å². The highest BCUT2D eigenvalue weighted by Gasteiger charge is 1.99. The predicted octanol–water partition coefficient (Wildman–Crippen LogP) is 2.97. The second kappa shape index (κ2) is 5.41. The summed E-state index contributed by atoms with van der Waals surface area (Å²) >= 11 is 1.62.